The molecule has 0 saturated heterocycles. The fourth-order valence-electron chi connectivity index (χ4n) is 0.946. The van der Waals surface area contributed by atoms with Crippen molar-refractivity contribution in [1.29, 1.82) is 0 Å². The van der Waals surface area contributed by atoms with Crippen molar-refractivity contribution in [3.05, 3.63) is 17.5 Å². The SMILES string of the molecule is Cc1c(CO)cnn1CCCl. The van der Waals surface area contributed by atoms with Crippen LogP contribution in [0, 0.1) is 6.92 Å². The predicted octanol–water partition coefficient (Wildman–Crippen LogP) is 0.923. The van der Waals surface area contributed by atoms with E-state index in [2.05, 4.69) is 5.10 Å². The molecule has 0 aromatic carbocycles. The molecule has 0 fully saturated rings. The van der Waals surface area contributed by atoms with E-state index in [9.17, 15) is 0 Å². The summed E-state index contributed by atoms with van der Waals surface area (Å²) in [5.41, 5.74) is 1.86. The highest BCUT2D eigenvalue weighted by molar-refractivity contribution is 6.17. The number of hydrogen-bond donors (Lipinski definition) is 1. The summed E-state index contributed by atoms with van der Waals surface area (Å²) in [6.45, 7) is 2.67. The summed E-state index contributed by atoms with van der Waals surface area (Å²) >= 11 is 5.54. The van der Waals surface area contributed by atoms with Crippen molar-refractivity contribution in [1.82, 2.24) is 9.78 Å². The van der Waals surface area contributed by atoms with Gasteiger partial charge in [-0.25, -0.2) is 0 Å². The Kier molecular flexibility index (Phi) is 2.91. The first-order valence-corrected chi connectivity index (χ1v) is 4.01. The zero-order valence-corrected chi connectivity index (χ0v) is 7.17. The van der Waals surface area contributed by atoms with E-state index in [1.165, 1.54) is 0 Å². The molecule has 0 saturated carbocycles. The van der Waals surface area contributed by atoms with Gasteiger partial charge in [0, 0.05) is 17.1 Å². The normalized spacial score (nSPS) is 10.5. The van der Waals surface area contributed by atoms with Gasteiger partial charge in [-0.1, -0.05) is 0 Å². The number of aromatic nitrogens is 2. The summed E-state index contributed by atoms with van der Waals surface area (Å²) in [5.74, 6) is 0.549. The maximum Gasteiger partial charge on any atom is 0.0715 e. The van der Waals surface area contributed by atoms with Crippen molar-refractivity contribution in [3.8, 4) is 0 Å². The quantitative estimate of drug-likeness (QED) is 0.693. The Morgan fingerprint density at radius 2 is 2.45 bits per heavy atom. The van der Waals surface area contributed by atoms with Gasteiger partial charge in [0.15, 0.2) is 0 Å². The highest BCUT2D eigenvalue weighted by Crippen LogP contribution is 2.06. The molecular formula is C7H11ClN2O. The van der Waals surface area contributed by atoms with Gasteiger partial charge in [-0.2, -0.15) is 5.10 Å². The first-order valence-electron chi connectivity index (χ1n) is 3.47. The zero-order chi connectivity index (χ0) is 8.27. The van der Waals surface area contributed by atoms with E-state index in [1.807, 2.05) is 6.92 Å². The topological polar surface area (TPSA) is 38.1 Å². The highest BCUT2D eigenvalue weighted by atomic mass is 35.5. The van der Waals surface area contributed by atoms with Gasteiger partial charge < -0.3 is 5.11 Å². The standard InChI is InChI=1S/C7H11ClN2O/c1-6-7(5-11)4-9-10(6)3-2-8/h4,11H,2-3,5H2,1H3. The Morgan fingerprint density at radius 1 is 1.73 bits per heavy atom. The molecule has 1 N–H and O–H groups in total. The summed E-state index contributed by atoms with van der Waals surface area (Å²) in [6.07, 6.45) is 1.67. The number of hydrogen-bond acceptors (Lipinski definition) is 2. The van der Waals surface area contributed by atoms with Crippen LogP contribution in [0.3, 0.4) is 0 Å². The van der Waals surface area contributed by atoms with Crippen LogP contribution >= 0.6 is 11.6 Å². The van der Waals surface area contributed by atoms with Crippen LogP contribution in [0.25, 0.3) is 0 Å². The van der Waals surface area contributed by atoms with E-state index in [0.29, 0.717) is 12.4 Å². The summed E-state index contributed by atoms with van der Waals surface area (Å²) in [6, 6.07) is 0. The summed E-state index contributed by atoms with van der Waals surface area (Å²) in [5, 5.41) is 12.9. The van der Waals surface area contributed by atoms with Crippen LogP contribution in [0.1, 0.15) is 11.3 Å². The summed E-state index contributed by atoms with van der Waals surface area (Å²) in [7, 11) is 0. The van der Waals surface area contributed by atoms with Crippen molar-refractivity contribution in [2.45, 2.75) is 20.1 Å². The highest BCUT2D eigenvalue weighted by Gasteiger charge is 2.03. The molecular weight excluding hydrogens is 164 g/mol. The van der Waals surface area contributed by atoms with Crippen LogP contribution in [0.5, 0.6) is 0 Å². The van der Waals surface area contributed by atoms with Gasteiger partial charge in [-0.15, -0.1) is 11.6 Å². The molecule has 0 bridgehead atoms. The molecule has 0 amide bonds. The molecule has 0 aliphatic carbocycles. The fraction of sp³-hybridized carbons (Fsp3) is 0.571. The van der Waals surface area contributed by atoms with E-state index < -0.39 is 0 Å². The third-order valence-electron chi connectivity index (χ3n) is 1.67. The number of rotatable bonds is 3. The minimum Gasteiger partial charge on any atom is -0.392 e. The van der Waals surface area contributed by atoms with E-state index in [1.54, 1.807) is 10.9 Å². The van der Waals surface area contributed by atoms with Gasteiger partial charge in [0.2, 0.25) is 0 Å². The zero-order valence-electron chi connectivity index (χ0n) is 6.42. The smallest absolute Gasteiger partial charge is 0.0715 e. The molecule has 1 aromatic heterocycles. The van der Waals surface area contributed by atoms with Gasteiger partial charge in [0.05, 0.1) is 19.3 Å². The van der Waals surface area contributed by atoms with Crippen molar-refractivity contribution in [2.24, 2.45) is 0 Å². The predicted molar refractivity (Wildman–Crippen MR) is 43.6 cm³/mol. The fourth-order valence-corrected chi connectivity index (χ4v) is 1.11. The molecule has 1 rings (SSSR count). The lowest BCUT2D eigenvalue weighted by molar-refractivity contribution is 0.281. The van der Waals surface area contributed by atoms with E-state index in [0.717, 1.165) is 11.3 Å². The number of alkyl halides is 1. The minimum atomic E-state index is 0.0497. The third kappa shape index (κ3) is 1.73. The Labute approximate surface area is 70.6 Å². The van der Waals surface area contributed by atoms with Crippen LogP contribution in [0.15, 0.2) is 6.20 Å². The van der Waals surface area contributed by atoms with Gasteiger partial charge in [-0.05, 0) is 6.92 Å². The lowest BCUT2D eigenvalue weighted by Gasteiger charge is -2.00. The van der Waals surface area contributed by atoms with Crippen molar-refractivity contribution in [3.63, 3.8) is 0 Å². The molecule has 62 valence electrons. The monoisotopic (exact) mass is 174 g/mol. The lowest BCUT2D eigenvalue weighted by atomic mass is 10.3. The number of nitrogens with zero attached hydrogens (tertiary/aromatic N) is 2. The van der Waals surface area contributed by atoms with Crippen molar-refractivity contribution < 1.29 is 5.11 Å². The molecule has 3 nitrogen and oxygen atoms in total. The van der Waals surface area contributed by atoms with E-state index >= 15 is 0 Å². The second-order valence-corrected chi connectivity index (χ2v) is 2.70. The second kappa shape index (κ2) is 3.74. The molecule has 0 radical (unpaired) electrons. The van der Waals surface area contributed by atoms with Crippen LogP contribution in [0.4, 0.5) is 0 Å². The number of aliphatic hydroxyl groups is 1. The molecule has 0 unspecified atom stereocenters. The van der Waals surface area contributed by atoms with Gasteiger partial charge in [-0.3, -0.25) is 4.68 Å². The minimum absolute atomic E-state index is 0.0497. The van der Waals surface area contributed by atoms with Crippen LogP contribution in [0.2, 0.25) is 0 Å². The maximum absolute atomic E-state index is 8.81. The Morgan fingerprint density at radius 3 is 2.91 bits per heavy atom. The van der Waals surface area contributed by atoms with Crippen LogP contribution in [-0.2, 0) is 13.2 Å². The van der Waals surface area contributed by atoms with Crippen molar-refractivity contribution in [2.75, 3.05) is 5.88 Å². The Balaban J connectivity index is 2.82. The first kappa shape index (κ1) is 8.56. The summed E-state index contributed by atoms with van der Waals surface area (Å²) in [4.78, 5) is 0. The van der Waals surface area contributed by atoms with Crippen LogP contribution < -0.4 is 0 Å². The molecule has 1 heterocycles. The van der Waals surface area contributed by atoms with Crippen molar-refractivity contribution >= 4 is 11.6 Å². The Hall–Kier alpha value is -0.540. The lowest BCUT2D eigenvalue weighted by Crippen LogP contribution is -2.03. The Bertz CT molecular complexity index is 234. The molecule has 1 aromatic rings. The van der Waals surface area contributed by atoms with Gasteiger partial charge in [0.1, 0.15) is 0 Å². The first-order chi connectivity index (χ1) is 5.29. The largest absolute Gasteiger partial charge is 0.392 e. The average molecular weight is 175 g/mol. The van der Waals surface area contributed by atoms with Crippen LogP contribution in [-0.4, -0.2) is 20.8 Å². The van der Waals surface area contributed by atoms with Gasteiger partial charge >= 0.3 is 0 Å². The van der Waals surface area contributed by atoms with E-state index in [-0.39, 0.29) is 6.61 Å². The maximum atomic E-state index is 8.81. The molecule has 0 spiro atoms. The number of aliphatic hydroxyl groups excluding tert-OH is 1. The molecule has 11 heavy (non-hydrogen) atoms. The van der Waals surface area contributed by atoms with Gasteiger partial charge in [0.25, 0.3) is 0 Å². The molecule has 0 aliphatic heterocycles. The number of halogens is 1. The van der Waals surface area contributed by atoms with E-state index in [4.69, 9.17) is 16.7 Å². The summed E-state index contributed by atoms with van der Waals surface area (Å²) < 4.78 is 1.79. The second-order valence-electron chi connectivity index (χ2n) is 2.33. The molecule has 0 atom stereocenters. The average Bonchev–Trinajstić information content (AvgIpc) is 2.34. The third-order valence-corrected chi connectivity index (χ3v) is 1.84. The molecule has 0 aliphatic rings. The molecule has 4 heteroatoms. The number of aryl methyl sites for hydroxylation is 1.